The summed E-state index contributed by atoms with van der Waals surface area (Å²) >= 11 is 0. The van der Waals surface area contributed by atoms with Gasteiger partial charge in [0.2, 0.25) is 0 Å². The summed E-state index contributed by atoms with van der Waals surface area (Å²) in [6.45, 7) is 7.15. The fourth-order valence-corrected chi connectivity index (χ4v) is 4.97. The van der Waals surface area contributed by atoms with Gasteiger partial charge >= 0.3 is 0 Å². The molecular formula is C22H26N4O4S. The number of hydrogen-bond donors (Lipinski definition) is 2. The first-order valence-corrected chi connectivity index (χ1v) is 11.8. The molecule has 0 unspecified atom stereocenters. The van der Waals surface area contributed by atoms with Gasteiger partial charge in [-0.3, -0.25) is 14.6 Å². The molecular weight excluding hydrogens is 416 g/mol. The van der Waals surface area contributed by atoms with Crippen molar-refractivity contribution in [1.29, 1.82) is 0 Å². The third kappa shape index (κ3) is 4.23. The molecule has 1 amide bonds. The SMILES string of the molecule is Cc1oc(-c2[nH]ncc2C(=O)N2CCCC2)cc1S(=O)(=O)Nc1ccc(C(C)C)cc1. The van der Waals surface area contributed by atoms with Crippen molar-refractivity contribution in [2.24, 2.45) is 0 Å². The van der Waals surface area contributed by atoms with Crippen LogP contribution in [0.2, 0.25) is 0 Å². The monoisotopic (exact) mass is 442 g/mol. The van der Waals surface area contributed by atoms with Gasteiger partial charge < -0.3 is 9.32 Å². The molecule has 9 heteroatoms. The Balaban J connectivity index is 1.60. The Morgan fingerprint density at radius 3 is 2.52 bits per heavy atom. The van der Waals surface area contributed by atoms with E-state index >= 15 is 0 Å². The van der Waals surface area contributed by atoms with E-state index in [4.69, 9.17) is 4.42 Å². The highest BCUT2D eigenvalue weighted by atomic mass is 32.2. The lowest BCUT2D eigenvalue weighted by molar-refractivity contribution is 0.0793. The van der Waals surface area contributed by atoms with Crippen LogP contribution in [-0.4, -0.2) is 42.5 Å². The number of aryl methyl sites for hydroxylation is 1. The number of furan rings is 1. The summed E-state index contributed by atoms with van der Waals surface area (Å²) in [4.78, 5) is 14.6. The Morgan fingerprint density at radius 2 is 1.87 bits per heavy atom. The number of carbonyl (C=O) groups is 1. The van der Waals surface area contributed by atoms with Crippen LogP contribution in [0.4, 0.5) is 5.69 Å². The molecule has 1 aliphatic rings. The van der Waals surface area contributed by atoms with Gasteiger partial charge in [-0.2, -0.15) is 5.10 Å². The van der Waals surface area contributed by atoms with Crippen LogP contribution in [0.25, 0.3) is 11.5 Å². The molecule has 3 aromatic rings. The molecule has 164 valence electrons. The van der Waals surface area contributed by atoms with Gasteiger partial charge in [0, 0.05) is 24.8 Å². The molecule has 1 aliphatic heterocycles. The molecule has 1 aromatic carbocycles. The molecule has 0 saturated carbocycles. The van der Waals surface area contributed by atoms with E-state index in [1.54, 1.807) is 24.0 Å². The lowest BCUT2D eigenvalue weighted by Gasteiger charge is -2.14. The average Bonchev–Trinajstić information content (AvgIpc) is 3.48. The highest BCUT2D eigenvalue weighted by molar-refractivity contribution is 7.92. The summed E-state index contributed by atoms with van der Waals surface area (Å²) in [6.07, 6.45) is 3.41. The fourth-order valence-electron chi connectivity index (χ4n) is 3.73. The second-order valence-electron chi connectivity index (χ2n) is 8.07. The van der Waals surface area contributed by atoms with Crippen molar-refractivity contribution in [3.05, 3.63) is 53.4 Å². The van der Waals surface area contributed by atoms with E-state index in [0.717, 1.165) is 18.4 Å². The zero-order chi connectivity index (χ0) is 22.2. The number of benzene rings is 1. The molecule has 0 spiro atoms. The van der Waals surface area contributed by atoms with Crippen LogP contribution in [0, 0.1) is 6.92 Å². The topological polar surface area (TPSA) is 108 Å². The smallest absolute Gasteiger partial charge is 0.265 e. The molecule has 2 aromatic heterocycles. The predicted octanol–water partition coefficient (Wildman–Crippen LogP) is 4.14. The van der Waals surface area contributed by atoms with Gasteiger partial charge in [-0.25, -0.2) is 8.42 Å². The minimum atomic E-state index is -3.87. The van der Waals surface area contributed by atoms with Crippen LogP contribution in [0.5, 0.6) is 0 Å². The second-order valence-corrected chi connectivity index (χ2v) is 9.72. The third-order valence-electron chi connectivity index (χ3n) is 5.50. The molecule has 0 atom stereocenters. The highest BCUT2D eigenvalue weighted by Crippen LogP contribution is 2.31. The number of nitrogens with one attached hydrogen (secondary N) is 2. The fraction of sp³-hybridized carbons (Fsp3) is 0.364. The normalized spacial score (nSPS) is 14.4. The van der Waals surface area contributed by atoms with E-state index in [1.165, 1.54) is 12.3 Å². The minimum absolute atomic E-state index is 0.0182. The quantitative estimate of drug-likeness (QED) is 0.596. The van der Waals surface area contributed by atoms with Crippen molar-refractivity contribution >= 4 is 21.6 Å². The van der Waals surface area contributed by atoms with Gasteiger partial charge in [0.15, 0.2) is 5.76 Å². The summed E-state index contributed by atoms with van der Waals surface area (Å²) in [6, 6.07) is 8.71. The Labute approximate surface area is 181 Å². The van der Waals surface area contributed by atoms with E-state index in [0.29, 0.717) is 36.0 Å². The molecule has 0 aliphatic carbocycles. The Morgan fingerprint density at radius 1 is 1.19 bits per heavy atom. The zero-order valence-corrected chi connectivity index (χ0v) is 18.6. The molecule has 2 N–H and O–H groups in total. The Bertz CT molecular complexity index is 1190. The zero-order valence-electron chi connectivity index (χ0n) is 17.8. The Kier molecular flexibility index (Phi) is 5.62. The van der Waals surface area contributed by atoms with Crippen LogP contribution in [-0.2, 0) is 10.0 Å². The number of H-pyrrole nitrogens is 1. The predicted molar refractivity (Wildman–Crippen MR) is 118 cm³/mol. The van der Waals surface area contributed by atoms with Gasteiger partial charge in [-0.05, 0) is 43.4 Å². The average molecular weight is 443 g/mol. The van der Waals surface area contributed by atoms with Crippen LogP contribution in [0.3, 0.4) is 0 Å². The number of nitrogens with zero attached hydrogens (tertiary/aromatic N) is 2. The van der Waals surface area contributed by atoms with Crippen molar-refractivity contribution in [1.82, 2.24) is 15.1 Å². The van der Waals surface area contributed by atoms with Crippen molar-refractivity contribution in [3.8, 4) is 11.5 Å². The van der Waals surface area contributed by atoms with Crippen LogP contribution in [0.15, 0.2) is 45.8 Å². The standard InChI is InChI=1S/C22H26N4O4S/c1-14(2)16-6-8-17(9-7-16)25-31(28,29)20-12-19(30-15(20)3)21-18(13-23-24-21)22(27)26-10-4-5-11-26/h6-9,12-14,25H,4-5,10-11H2,1-3H3,(H,23,24). The van der Waals surface area contributed by atoms with Gasteiger partial charge in [0.1, 0.15) is 16.3 Å². The first-order chi connectivity index (χ1) is 14.8. The van der Waals surface area contributed by atoms with Crippen LogP contribution < -0.4 is 4.72 Å². The maximum atomic E-state index is 13.0. The van der Waals surface area contributed by atoms with Crippen molar-refractivity contribution in [2.75, 3.05) is 17.8 Å². The molecule has 1 saturated heterocycles. The molecule has 0 radical (unpaired) electrons. The van der Waals surface area contributed by atoms with Crippen molar-refractivity contribution in [3.63, 3.8) is 0 Å². The summed E-state index contributed by atoms with van der Waals surface area (Å²) in [5.41, 5.74) is 2.34. The number of amides is 1. The van der Waals surface area contributed by atoms with Crippen molar-refractivity contribution in [2.45, 2.75) is 44.4 Å². The third-order valence-corrected chi connectivity index (χ3v) is 6.99. The number of sulfonamides is 1. The van der Waals surface area contributed by atoms with Crippen molar-refractivity contribution < 1.29 is 17.6 Å². The largest absolute Gasteiger partial charge is 0.458 e. The first kappa shape index (κ1) is 21.2. The van der Waals surface area contributed by atoms with Crippen LogP contribution in [0.1, 0.15) is 54.3 Å². The van der Waals surface area contributed by atoms with E-state index in [2.05, 4.69) is 28.8 Å². The maximum Gasteiger partial charge on any atom is 0.265 e. The summed E-state index contributed by atoms with van der Waals surface area (Å²) in [7, 11) is -3.87. The highest BCUT2D eigenvalue weighted by Gasteiger charge is 2.28. The molecule has 0 bridgehead atoms. The van der Waals surface area contributed by atoms with E-state index < -0.39 is 10.0 Å². The summed E-state index contributed by atoms with van der Waals surface area (Å²) < 4.78 is 34.3. The lowest BCUT2D eigenvalue weighted by atomic mass is 10.0. The summed E-state index contributed by atoms with van der Waals surface area (Å²) in [5.74, 6) is 0.711. The first-order valence-electron chi connectivity index (χ1n) is 10.3. The number of carbonyl (C=O) groups excluding carboxylic acids is 1. The lowest BCUT2D eigenvalue weighted by Crippen LogP contribution is -2.27. The Hall–Kier alpha value is -3.07. The van der Waals surface area contributed by atoms with E-state index in [1.807, 2.05) is 12.1 Å². The van der Waals surface area contributed by atoms with E-state index in [9.17, 15) is 13.2 Å². The number of anilines is 1. The van der Waals surface area contributed by atoms with Gasteiger partial charge in [0.25, 0.3) is 15.9 Å². The number of aromatic amines is 1. The minimum Gasteiger partial charge on any atom is -0.458 e. The maximum absolute atomic E-state index is 13.0. The summed E-state index contributed by atoms with van der Waals surface area (Å²) in [5, 5.41) is 6.76. The van der Waals surface area contributed by atoms with Crippen LogP contribution >= 0.6 is 0 Å². The van der Waals surface area contributed by atoms with Gasteiger partial charge in [0.05, 0.1) is 11.8 Å². The molecule has 31 heavy (non-hydrogen) atoms. The number of likely N-dealkylation sites (tertiary alicyclic amines) is 1. The molecule has 4 rings (SSSR count). The number of rotatable bonds is 6. The van der Waals surface area contributed by atoms with Gasteiger partial charge in [-0.15, -0.1) is 0 Å². The number of aromatic nitrogens is 2. The number of hydrogen-bond acceptors (Lipinski definition) is 5. The van der Waals surface area contributed by atoms with E-state index in [-0.39, 0.29) is 22.3 Å². The van der Waals surface area contributed by atoms with Gasteiger partial charge in [-0.1, -0.05) is 26.0 Å². The molecule has 8 nitrogen and oxygen atoms in total. The molecule has 1 fully saturated rings. The molecule has 3 heterocycles. The second kappa shape index (κ2) is 8.22.